The number of hydrogen-bond acceptors (Lipinski definition) is 4. The molecule has 0 heterocycles. The molecule has 0 aliphatic rings. The van der Waals surface area contributed by atoms with Gasteiger partial charge in [-0.05, 0) is 36.4 Å². The van der Waals surface area contributed by atoms with Gasteiger partial charge >= 0.3 is 0 Å². The Morgan fingerprint density at radius 1 is 1.13 bits per heavy atom. The third kappa shape index (κ3) is 3.71. The molecule has 0 bridgehead atoms. The van der Waals surface area contributed by atoms with Crippen molar-refractivity contribution in [2.24, 2.45) is 0 Å². The van der Waals surface area contributed by atoms with E-state index in [-0.39, 0.29) is 11.4 Å². The molecule has 5 heteroatoms. The summed E-state index contributed by atoms with van der Waals surface area (Å²) in [5.41, 5.74) is 0.980. The Kier molecular flexibility index (Phi) is 5.40. The van der Waals surface area contributed by atoms with Gasteiger partial charge in [-0.3, -0.25) is 4.79 Å². The van der Waals surface area contributed by atoms with E-state index < -0.39 is 0 Å². The summed E-state index contributed by atoms with van der Waals surface area (Å²) in [5.74, 6) is 0.609. The smallest absolute Gasteiger partial charge is 0.203 e. The molecule has 23 heavy (non-hydrogen) atoms. The third-order valence-corrected chi connectivity index (χ3v) is 3.46. The van der Waals surface area contributed by atoms with Crippen molar-refractivity contribution in [3.63, 3.8) is 0 Å². The molecule has 2 aromatic rings. The fourth-order valence-corrected chi connectivity index (χ4v) is 2.21. The largest absolute Gasteiger partial charge is 0.493 e. The average Bonchev–Trinajstić information content (AvgIpc) is 2.59. The number of para-hydroxylation sites is 1. The van der Waals surface area contributed by atoms with E-state index in [0.29, 0.717) is 27.6 Å². The highest BCUT2D eigenvalue weighted by Gasteiger charge is 2.14. The summed E-state index contributed by atoms with van der Waals surface area (Å²) in [6.45, 7) is 0. The molecule has 2 aromatic carbocycles. The summed E-state index contributed by atoms with van der Waals surface area (Å²) in [7, 11) is 3.03. The minimum absolute atomic E-state index is 0.00104. The van der Waals surface area contributed by atoms with Crippen molar-refractivity contribution in [3.05, 3.63) is 64.2 Å². The molecule has 0 saturated heterocycles. The number of carbonyl (C=O) groups is 1. The Balaban J connectivity index is 2.45. The summed E-state index contributed by atoms with van der Waals surface area (Å²) < 4.78 is 10.5. The Morgan fingerprint density at radius 2 is 1.83 bits per heavy atom. The van der Waals surface area contributed by atoms with E-state index in [4.69, 9.17) is 21.1 Å². The lowest BCUT2D eigenvalue weighted by atomic mass is 10.0. The van der Waals surface area contributed by atoms with Crippen LogP contribution in [0.15, 0.2) is 48.0 Å². The van der Waals surface area contributed by atoms with Gasteiger partial charge in [0.2, 0.25) is 5.78 Å². The summed E-state index contributed by atoms with van der Waals surface area (Å²) in [6, 6.07) is 13.6. The lowest BCUT2D eigenvalue weighted by Gasteiger charge is -2.10. The zero-order valence-electron chi connectivity index (χ0n) is 12.7. The number of ketones is 1. The minimum Gasteiger partial charge on any atom is -0.493 e. The van der Waals surface area contributed by atoms with Gasteiger partial charge in [0.05, 0.1) is 14.2 Å². The summed E-state index contributed by atoms with van der Waals surface area (Å²) in [6.07, 6.45) is 1.48. The maximum atomic E-state index is 12.4. The third-order valence-electron chi connectivity index (χ3n) is 3.20. The molecule has 0 amide bonds. The zero-order chi connectivity index (χ0) is 16.8. The highest BCUT2D eigenvalue weighted by molar-refractivity contribution is 6.30. The van der Waals surface area contributed by atoms with Crippen LogP contribution in [-0.2, 0) is 0 Å². The standard InChI is InChI=1S/C18H14ClNO3/c1-22-16-5-3-4-13(18(16)23-2)10-14(11-20)17(21)12-6-8-15(19)9-7-12/h3-10H,1-2H3/b14-10+. The van der Waals surface area contributed by atoms with Gasteiger partial charge in [0.15, 0.2) is 11.5 Å². The number of benzene rings is 2. The molecule has 0 aliphatic heterocycles. The maximum absolute atomic E-state index is 12.4. The summed E-state index contributed by atoms with van der Waals surface area (Å²) in [4.78, 5) is 12.4. The summed E-state index contributed by atoms with van der Waals surface area (Å²) in [5, 5.41) is 9.85. The van der Waals surface area contributed by atoms with E-state index in [2.05, 4.69) is 0 Å². The molecule has 0 N–H and O–H groups in total. The average molecular weight is 328 g/mol. The van der Waals surface area contributed by atoms with E-state index in [1.165, 1.54) is 20.3 Å². The van der Waals surface area contributed by atoms with Crippen LogP contribution in [0.25, 0.3) is 6.08 Å². The molecule has 0 atom stereocenters. The van der Waals surface area contributed by atoms with Gasteiger partial charge in [-0.1, -0.05) is 23.7 Å². The number of rotatable bonds is 5. The van der Waals surface area contributed by atoms with E-state index >= 15 is 0 Å². The Labute approximate surface area is 139 Å². The van der Waals surface area contributed by atoms with Crippen molar-refractivity contribution in [1.29, 1.82) is 5.26 Å². The number of methoxy groups -OCH3 is 2. The van der Waals surface area contributed by atoms with Gasteiger partial charge in [-0.25, -0.2) is 0 Å². The van der Waals surface area contributed by atoms with Gasteiger partial charge in [0, 0.05) is 16.1 Å². The van der Waals surface area contributed by atoms with Crippen molar-refractivity contribution in [2.45, 2.75) is 0 Å². The van der Waals surface area contributed by atoms with Crippen LogP contribution in [-0.4, -0.2) is 20.0 Å². The van der Waals surface area contributed by atoms with Gasteiger partial charge in [0.1, 0.15) is 11.6 Å². The quantitative estimate of drug-likeness (QED) is 0.470. The van der Waals surface area contributed by atoms with Crippen LogP contribution >= 0.6 is 11.6 Å². The molecule has 0 radical (unpaired) electrons. The molecular formula is C18H14ClNO3. The number of nitrogens with zero attached hydrogens (tertiary/aromatic N) is 1. The van der Waals surface area contributed by atoms with Crippen molar-refractivity contribution >= 4 is 23.5 Å². The van der Waals surface area contributed by atoms with E-state index in [0.717, 1.165) is 0 Å². The van der Waals surface area contributed by atoms with E-state index in [1.807, 2.05) is 6.07 Å². The van der Waals surface area contributed by atoms with Gasteiger partial charge in [0.25, 0.3) is 0 Å². The molecule has 0 aliphatic carbocycles. The van der Waals surface area contributed by atoms with Crippen LogP contribution in [0.1, 0.15) is 15.9 Å². The molecule has 2 rings (SSSR count). The molecular weight excluding hydrogens is 314 g/mol. The number of hydrogen-bond donors (Lipinski definition) is 0. The zero-order valence-corrected chi connectivity index (χ0v) is 13.4. The van der Waals surface area contributed by atoms with E-state index in [9.17, 15) is 10.1 Å². The number of carbonyl (C=O) groups excluding carboxylic acids is 1. The predicted octanol–water partition coefficient (Wildman–Crippen LogP) is 4.15. The number of allylic oxidation sites excluding steroid dienone is 1. The van der Waals surface area contributed by atoms with E-state index in [1.54, 1.807) is 42.5 Å². The van der Waals surface area contributed by atoms with Crippen LogP contribution in [0.2, 0.25) is 5.02 Å². The van der Waals surface area contributed by atoms with Crippen LogP contribution in [0.4, 0.5) is 0 Å². The second-order valence-corrected chi connectivity index (χ2v) is 5.03. The summed E-state index contributed by atoms with van der Waals surface area (Å²) >= 11 is 5.81. The first-order valence-electron chi connectivity index (χ1n) is 6.73. The minimum atomic E-state index is -0.381. The lowest BCUT2D eigenvalue weighted by Crippen LogP contribution is -2.02. The molecule has 0 spiro atoms. The highest BCUT2D eigenvalue weighted by Crippen LogP contribution is 2.32. The van der Waals surface area contributed by atoms with Gasteiger partial charge < -0.3 is 9.47 Å². The molecule has 4 nitrogen and oxygen atoms in total. The Morgan fingerprint density at radius 3 is 2.39 bits per heavy atom. The van der Waals surface area contributed by atoms with Crippen LogP contribution in [0.3, 0.4) is 0 Å². The first-order chi connectivity index (χ1) is 11.1. The predicted molar refractivity (Wildman–Crippen MR) is 88.9 cm³/mol. The second kappa shape index (κ2) is 7.48. The van der Waals surface area contributed by atoms with Crippen LogP contribution < -0.4 is 9.47 Å². The maximum Gasteiger partial charge on any atom is 0.203 e. The second-order valence-electron chi connectivity index (χ2n) is 4.59. The number of ether oxygens (including phenoxy) is 2. The molecule has 0 saturated carbocycles. The van der Waals surface area contributed by atoms with Crippen molar-refractivity contribution < 1.29 is 14.3 Å². The SMILES string of the molecule is COc1cccc(/C=C(\C#N)C(=O)c2ccc(Cl)cc2)c1OC. The topological polar surface area (TPSA) is 59.3 Å². The molecule has 0 aromatic heterocycles. The normalized spacial score (nSPS) is 10.8. The fourth-order valence-electron chi connectivity index (χ4n) is 2.09. The highest BCUT2D eigenvalue weighted by atomic mass is 35.5. The van der Waals surface area contributed by atoms with Gasteiger partial charge in [-0.2, -0.15) is 5.26 Å². The van der Waals surface area contributed by atoms with Crippen molar-refractivity contribution in [3.8, 4) is 17.6 Å². The molecule has 116 valence electrons. The fraction of sp³-hybridized carbons (Fsp3) is 0.111. The Bertz CT molecular complexity index is 789. The van der Waals surface area contributed by atoms with Crippen LogP contribution in [0, 0.1) is 11.3 Å². The van der Waals surface area contributed by atoms with Crippen molar-refractivity contribution in [2.75, 3.05) is 14.2 Å². The first-order valence-corrected chi connectivity index (χ1v) is 7.11. The van der Waals surface area contributed by atoms with Crippen molar-refractivity contribution in [1.82, 2.24) is 0 Å². The number of Topliss-reactive ketones (excluding diaryl/α,β-unsaturated/α-hetero) is 1. The lowest BCUT2D eigenvalue weighted by molar-refractivity contribution is 0.104. The van der Waals surface area contributed by atoms with Crippen LogP contribution in [0.5, 0.6) is 11.5 Å². The van der Waals surface area contributed by atoms with Gasteiger partial charge in [-0.15, -0.1) is 0 Å². The Hall–Kier alpha value is -2.77. The monoisotopic (exact) mass is 327 g/mol. The molecule has 0 fully saturated rings. The number of halogens is 1. The first kappa shape index (κ1) is 16.6. The molecule has 0 unspecified atom stereocenters. The number of nitriles is 1.